The number of carbonyl (C=O) groups is 2. The van der Waals surface area contributed by atoms with Crippen LogP contribution >= 0.6 is 11.8 Å². The number of ether oxygens (including phenoxy) is 1. The number of thioether (sulfide) groups is 1. The molecule has 1 rings (SSSR count). The van der Waals surface area contributed by atoms with Crippen LogP contribution in [0.3, 0.4) is 0 Å². The maximum atomic E-state index is 11.6. The quantitative estimate of drug-likeness (QED) is 0.810. The predicted molar refractivity (Wildman–Crippen MR) is 75.5 cm³/mol. The van der Waals surface area contributed by atoms with Gasteiger partial charge in [-0.1, -0.05) is 18.2 Å². The number of methoxy groups -OCH3 is 1. The van der Waals surface area contributed by atoms with Crippen molar-refractivity contribution in [1.82, 2.24) is 0 Å². The third-order valence-electron chi connectivity index (χ3n) is 2.86. The average molecular weight is 282 g/mol. The highest BCUT2D eigenvalue weighted by Gasteiger charge is 2.21. The van der Waals surface area contributed by atoms with Crippen LogP contribution in [0, 0.1) is 13.8 Å². The maximum absolute atomic E-state index is 11.6. The molecule has 0 amide bonds. The summed E-state index contributed by atoms with van der Waals surface area (Å²) in [6, 6.07) is 5.98. The molecule has 4 nitrogen and oxygen atoms in total. The fourth-order valence-electron chi connectivity index (χ4n) is 1.66. The normalized spacial score (nSPS) is 11.9. The largest absolute Gasteiger partial charge is 0.481 e. The lowest BCUT2D eigenvalue weighted by molar-refractivity contribution is -0.139. The minimum Gasteiger partial charge on any atom is -0.481 e. The molecule has 0 aliphatic rings. The molecule has 1 N–H and O–H groups in total. The summed E-state index contributed by atoms with van der Waals surface area (Å²) in [5, 5.41) is 8.21. The van der Waals surface area contributed by atoms with E-state index in [1.54, 1.807) is 0 Å². The number of rotatable bonds is 6. The van der Waals surface area contributed by atoms with Gasteiger partial charge in [0.25, 0.3) is 0 Å². The highest BCUT2D eigenvalue weighted by Crippen LogP contribution is 2.19. The summed E-state index contributed by atoms with van der Waals surface area (Å²) in [5.41, 5.74) is 3.36. The van der Waals surface area contributed by atoms with E-state index in [0.717, 1.165) is 22.9 Å². The lowest BCUT2D eigenvalue weighted by Crippen LogP contribution is -2.23. The van der Waals surface area contributed by atoms with E-state index in [1.807, 2.05) is 32.0 Å². The van der Waals surface area contributed by atoms with Crippen molar-refractivity contribution >= 4 is 23.7 Å². The smallest absolute Gasteiger partial charge is 0.319 e. The zero-order valence-electron chi connectivity index (χ0n) is 11.3. The average Bonchev–Trinajstić information content (AvgIpc) is 2.37. The van der Waals surface area contributed by atoms with E-state index < -0.39 is 11.2 Å². The monoisotopic (exact) mass is 282 g/mol. The van der Waals surface area contributed by atoms with E-state index >= 15 is 0 Å². The van der Waals surface area contributed by atoms with Gasteiger partial charge in [0.05, 0.1) is 12.9 Å². The topological polar surface area (TPSA) is 63.6 Å². The van der Waals surface area contributed by atoms with Crippen LogP contribution in [-0.2, 0) is 20.7 Å². The second-order valence-electron chi connectivity index (χ2n) is 4.34. The van der Waals surface area contributed by atoms with Crippen LogP contribution in [0.4, 0.5) is 0 Å². The number of aliphatic carboxylic acids is 1. The molecule has 0 bridgehead atoms. The molecule has 1 atom stereocenters. The third-order valence-corrected chi connectivity index (χ3v) is 4.04. The number of carboxylic acid groups (broad SMARTS) is 1. The van der Waals surface area contributed by atoms with Gasteiger partial charge in [-0.2, -0.15) is 0 Å². The second kappa shape index (κ2) is 7.19. The van der Waals surface area contributed by atoms with Crippen molar-refractivity contribution in [3.8, 4) is 0 Å². The lowest BCUT2D eigenvalue weighted by Gasteiger charge is -2.14. The van der Waals surface area contributed by atoms with Crippen molar-refractivity contribution in [3.05, 3.63) is 34.9 Å². The van der Waals surface area contributed by atoms with Gasteiger partial charge in [0.15, 0.2) is 0 Å². The number of carbonyl (C=O) groups excluding carboxylic acids is 1. The molecule has 0 saturated heterocycles. The van der Waals surface area contributed by atoms with Crippen molar-refractivity contribution < 1.29 is 19.4 Å². The van der Waals surface area contributed by atoms with Gasteiger partial charge < -0.3 is 9.84 Å². The van der Waals surface area contributed by atoms with Gasteiger partial charge in [-0.05, 0) is 37.0 Å². The number of esters is 1. The van der Waals surface area contributed by atoms with Crippen molar-refractivity contribution in [3.63, 3.8) is 0 Å². The van der Waals surface area contributed by atoms with Crippen LogP contribution in [0.25, 0.3) is 0 Å². The van der Waals surface area contributed by atoms with Crippen molar-refractivity contribution in [2.24, 2.45) is 0 Å². The summed E-state index contributed by atoms with van der Waals surface area (Å²) in [4.78, 5) is 22.2. The molecule has 1 aromatic rings. The Labute approximate surface area is 117 Å². The van der Waals surface area contributed by atoms with E-state index in [9.17, 15) is 9.59 Å². The third kappa shape index (κ3) is 4.95. The van der Waals surface area contributed by atoms with E-state index in [1.165, 1.54) is 12.7 Å². The molecule has 1 aromatic carbocycles. The molecule has 19 heavy (non-hydrogen) atoms. The number of aryl methyl sites for hydroxylation is 2. The Hall–Kier alpha value is -1.49. The molecule has 0 aliphatic carbocycles. The Morgan fingerprint density at radius 3 is 2.53 bits per heavy atom. The highest BCUT2D eigenvalue weighted by atomic mass is 32.2. The van der Waals surface area contributed by atoms with E-state index in [-0.39, 0.29) is 11.7 Å². The maximum Gasteiger partial charge on any atom is 0.319 e. The SMILES string of the molecule is COC(=O)C(Cc1ccc(C)c(C)c1)SCC(=O)O. The van der Waals surface area contributed by atoms with Gasteiger partial charge in [0.1, 0.15) is 5.25 Å². The summed E-state index contributed by atoms with van der Waals surface area (Å²) in [6.45, 7) is 4.03. The van der Waals surface area contributed by atoms with Gasteiger partial charge in [-0.15, -0.1) is 11.8 Å². The first-order chi connectivity index (χ1) is 8.93. The first kappa shape index (κ1) is 15.6. The summed E-state index contributed by atoms with van der Waals surface area (Å²) in [7, 11) is 1.32. The van der Waals surface area contributed by atoms with Gasteiger partial charge >= 0.3 is 11.9 Å². The Morgan fingerprint density at radius 2 is 2.00 bits per heavy atom. The van der Waals surface area contributed by atoms with Gasteiger partial charge in [-0.3, -0.25) is 9.59 Å². The molecule has 0 heterocycles. The lowest BCUT2D eigenvalue weighted by atomic mass is 10.0. The number of benzene rings is 1. The molecule has 1 unspecified atom stereocenters. The van der Waals surface area contributed by atoms with Gasteiger partial charge in [-0.25, -0.2) is 0 Å². The molecule has 0 aliphatic heterocycles. The Bertz CT molecular complexity index is 471. The van der Waals surface area contributed by atoms with Crippen LogP contribution in [0.15, 0.2) is 18.2 Å². The minimum absolute atomic E-state index is 0.107. The molecule has 0 saturated carbocycles. The zero-order chi connectivity index (χ0) is 14.4. The fraction of sp³-hybridized carbons (Fsp3) is 0.429. The second-order valence-corrected chi connectivity index (χ2v) is 5.53. The van der Waals surface area contributed by atoms with Crippen LogP contribution in [0.5, 0.6) is 0 Å². The van der Waals surface area contributed by atoms with Crippen LogP contribution in [0.2, 0.25) is 0 Å². The number of carboxylic acids is 1. The summed E-state index contributed by atoms with van der Waals surface area (Å²) in [6.07, 6.45) is 0.478. The summed E-state index contributed by atoms with van der Waals surface area (Å²) >= 11 is 1.09. The zero-order valence-corrected chi connectivity index (χ0v) is 12.1. The van der Waals surface area contributed by atoms with Gasteiger partial charge in [0.2, 0.25) is 0 Å². The molecular weight excluding hydrogens is 264 g/mol. The fourth-order valence-corrected chi connectivity index (χ4v) is 2.54. The molecule has 0 aromatic heterocycles. The van der Waals surface area contributed by atoms with Crippen molar-refractivity contribution in [2.45, 2.75) is 25.5 Å². The van der Waals surface area contributed by atoms with Crippen molar-refractivity contribution in [2.75, 3.05) is 12.9 Å². The first-order valence-corrected chi connectivity index (χ1v) is 6.96. The standard InChI is InChI=1S/C14H18O4S/c1-9-4-5-11(6-10(9)2)7-12(14(17)18-3)19-8-13(15)16/h4-6,12H,7-8H2,1-3H3,(H,15,16). The first-order valence-electron chi connectivity index (χ1n) is 5.91. The molecule has 0 spiro atoms. The molecule has 0 fully saturated rings. The highest BCUT2D eigenvalue weighted by molar-refractivity contribution is 8.01. The Kier molecular flexibility index (Phi) is 5.89. The molecule has 5 heteroatoms. The van der Waals surface area contributed by atoms with Crippen LogP contribution < -0.4 is 0 Å². The molecule has 0 radical (unpaired) electrons. The number of hydrogen-bond donors (Lipinski definition) is 1. The van der Waals surface area contributed by atoms with Crippen molar-refractivity contribution in [1.29, 1.82) is 0 Å². The molecule has 104 valence electrons. The summed E-state index contributed by atoms with van der Waals surface area (Å²) < 4.78 is 4.72. The van der Waals surface area contributed by atoms with E-state index in [2.05, 4.69) is 0 Å². The minimum atomic E-state index is -0.931. The van der Waals surface area contributed by atoms with Gasteiger partial charge in [0, 0.05) is 0 Å². The van der Waals surface area contributed by atoms with E-state index in [4.69, 9.17) is 9.84 Å². The van der Waals surface area contributed by atoms with Crippen LogP contribution in [0.1, 0.15) is 16.7 Å². The number of hydrogen-bond acceptors (Lipinski definition) is 4. The Morgan fingerprint density at radius 1 is 1.32 bits per heavy atom. The van der Waals surface area contributed by atoms with Crippen LogP contribution in [-0.4, -0.2) is 35.2 Å². The van der Waals surface area contributed by atoms with E-state index in [0.29, 0.717) is 6.42 Å². The predicted octanol–water partition coefficient (Wildman–Crippen LogP) is 2.21. The Balaban J connectivity index is 2.78. The summed E-state index contributed by atoms with van der Waals surface area (Å²) in [5.74, 6) is -1.42. The molecular formula is C14H18O4S.